The van der Waals surface area contributed by atoms with Gasteiger partial charge in [-0.15, -0.1) is 0 Å². The van der Waals surface area contributed by atoms with E-state index in [2.05, 4.69) is 34.6 Å². The van der Waals surface area contributed by atoms with E-state index >= 15 is 0 Å². The SMILES string of the molecule is Cc1cc(NCc2ccc(C3CC3)cc2)cnc1Cl. The Kier molecular flexibility index (Phi) is 3.43. The zero-order valence-electron chi connectivity index (χ0n) is 11.0. The van der Waals surface area contributed by atoms with Gasteiger partial charge >= 0.3 is 0 Å². The summed E-state index contributed by atoms with van der Waals surface area (Å²) in [6, 6.07) is 10.9. The molecule has 19 heavy (non-hydrogen) atoms. The fourth-order valence-corrected chi connectivity index (χ4v) is 2.29. The molecule has 1 aromatic heterocycles. The number of aryl methyl sites for hydroxylation is 1. The molecule has 1 aliphatic rings. The van der Waals surface area contributed by atoms with Gasteiger partial charge in [-0.2, -0.15) is 0 Å². The van der Waals surface area contributed by atoms with Gasteiger partial charge in [0.25, 0.3) is 0 Å². The largest absolute Gasteiger partial charge is 0.380 e. The Morgan fingerprint density at radius 1 is 1.26 bits per heavy atom. The lowest BCUT2D eigenvalue weighted by Crippen LogP contribution is -2.00. The first-order valence-corrected chi connectivity index (χ1v) is 7.05. The molecule has 98 valence electrons. The van der Waals surface area contributed by atoms with E-state index in [1.165, 1.54) is 24.0 Å². The summed E-state index contributed by atoms with van der Waals surface area (Å²) in [6.07, 6.45) is 4.48. The number of hydrogen-bond acceptors (Lipinski definition) is 2. The van der Waals surface area contributed by atoms with Crippen molar-refractivity contribution in [1.82, 2.24) is 4.98 Å². The van der Waals surface area contributed by atoms with Crippen molar-refractivity contribution in [3.63, 3.8) is 0 Å². The molecule has 1 fully saturated rings. The van der Waals surface area contributed by atoms with Crippen LogP contribution in [0.5, 0.6) is 0 Å². The highest BCUT2D eigenvalue weighted by atomic mass is 35.5. The molecule has 1 heterocycles. The molecule has 0 atom stereocenters. The minimum Gasteiger partial charge on any atom is -0.380 e. The smallest absolute Gasteiger partial charge is 0.132 e. The number of aromatic nitrogens is 1. The normalized spacial score (nSPS) is 14.4. The Morgan fingerprint density at radius 2 is 2.00 bits per heavy atom. The van der Waals surface area contributed by atoms with E-state index in [4.69, 9.17) is 11.6 Å². The third-order valence-corrected chi connectivity index (χ3v) is 3.94. The van der Waals surface area contributed by atoms with Gasteiger partial charge in [-0.3, -0.25) is 0 Å². The van der Waals surface area contributed by atoms with E-state index in [1.807, 2.05) is 13.0 Å². The summed E-state index contributed by atoms with van der Waals surface area (Å²) in [6.45, 7) is 2.78. The van der Waals surface area contributed by atoms with Crippen LogP contribution in [0.1, 0.15) is 35.4 Å². The van der Waals surface area contributed by atoms with Gasteiger partial charge in [-0.25, -0.2) is 4.98 Å². The first-order chi connectivity index (χ1) is 9.22. The average molecular weight is 273 g/mol. The van der Waals surface area contributed by atoms with Crippen molar-refractivity contribution in [1.29, 1.82) is 0 Å². The molecular formula is C16H17ClN2. The average Bonchev–Trinajstić information content (AvgIpc) is 3.25. The summed E-state index contributed by atoms with van der Waals surface area (Å²) in [5.41, 5.74) is 4.77. The van der Waals surface area contributed by atoms with Gasteiger partial charge in [-0.05, 0) is 48.4 Å². The molecule has 0 amide bonds. The van der Waals surface area contributed by atoms with Crippen LogP contribution >= 0.6 is 11.6 Å². The molecule has 0 unspecified atom stereocenters. The topological polar surface area (TPSA) is 24.9 Å². The van der Waals surface area contributed by atoms with Crippen LogP contribution in [0.15, 0.2) is 36.5 Å². The molecule has 1 aliphatic carbocycles. The molecule has 0 spiro atoms. The lowest BCUT2D eigenvalue weighted by Gasteiger charge is -2.08. The minimum atomic E-state index is 0.569. The maximum absolute atomic E-state index is 5.91. The van der Waals surface area contributed by atoms with E-state index < -0.39 is 0 Å². The maximum Gasteiger partial charge on any atom is 0.132 e. The predicted octanol–water partition coefficient (Wildman–Crippen LogP) is 4.53. The Bertz CT molecular complexity index is 574. The number of anilines is 1. The van der Waals surface area contributed by atoms with E-state index in [0.717, 1.165) is 23.7 Å². The van der Waals surface area contributed by atoms with E-state index in [9.17, 15) is 0 Å². The van der Waals surface area contributed by atoms with Crippen LogP contribution in [0.4, 0.5) is 5.69 Å². The van der Waals surface area contributed by atoms with Crippen molar-refractivity contribution < 1.29 is 0 Å². The summed E-state index contributed by atoms with van der Waals surface area (Å²) in [4.78, 5) is 4.14. The number of nitrogens with zero attached hydrogens (tertiary/aromatic N) is 1. The van der Waals surface area contributed by atoms with Crippen molar-refractivity contribution in [2.75, 3.05) is 5.32 Å². The van der Waals surface area contributed by atoms with E-state index in [0.29, 0.717) is 5.15 Å². The van der Waals surface area contributed by atoms with Crippen LogP contribution in [-0.4, -0.2) is 4.98 Å². The minimum absolute atomic E-state index is 0.569. The van der Waals surface area contributed by atoms with E-state index in [-0.39, 0.29) is 0 Å². The van der Waals surface area contributed by atoms with Gasteiger partial charge in [0, 0.05) is 6.54 Å². The fraction of sp³-hybridized carbons (Fsp3) is 0.312. The van der Waals surface area contributed by atoms with E-state index in [1.54, 1.807) is 6.20 Å². The molecule has 3 heteroatoms. The number of pyridine rings is 1. The summed E-state index contributed by atoms with van der Waals surface area (Å²) in [5, 5.41) is 3.94. The zero-order chi connectivity index (χ0) is 13.2. The summed E-state index contributed by atoms with van der Waals surface area (Å²) >= 11 is 5.91. The van der Waals surface area contributed by atoms with Crippen molar-refractivity contribution in [3.05, 3.63) is 58.4 Å². The molecule has 0 aliphatic heterocycles. The highest BCUT2D eigenvalue weighted by molar-refractivity contribution is 6.30. The van der Waals surface area contributed by atoms with Gasteiger partial charge < -0.3 is 5.32 Å². The van der Waals surface area contributed by atoms with Crippen molar-refractivity contribution in [3.8, 4) is 0 Å². The van der Waals surface area contributed by atoms with Gasteiger partial charge in [0.2, 0.25) is 0 Å². The Labute approximate surface area is 118 Å². The third kappa shape index (κ3) is 3.07. The highest BCUT2D eigenvalue weighted by Gasteiger charge is 2.22. The predicted molar refractivity (Wildman–Crippen MR) is 79.7 cm³/mol. The first kappa shape index (κ1) is 12.5. The number of hydrogen-bond donors (Lipinski definition) is 1. The molecule has 2 aromatic rings. The van der Waals surface area contributed by atoms with Crippen LogP contribution in [-0.2, 0) is 6.54 Å². The third-order valence-electron chi connectivity index (χ3n) is 3.54. The van der Waals surface area contributed by atoms with Crippen molar-refractivity contribution in [2.45, 2.75) is 32.2 Å². The number of rotatable bonds is 4. The first-order valence-electron chi connectivity index (χ1n) is 6.67. The second kappa shape index (κ2) is 5.22. The molecular weight excluding hydrogens is 256 g/mol. The van der Waals surface area contributed by atoms with Gasteiger partial charge in [0.15, 0.2) is 0 Å². The molecule has 1 saturated carbocycles. The quantitative estimate of drug-likeness (QED) is 0.827. The highest BCUT2D eigenvalue weighted by Crippen LogP contribution is 2.39. The monoisotopic (exact) mass is 272 g/mol. The lowest BCUT2D eigenvalue weighted by molar-refractivity contribution is 1.09. The second-order valence-corrected chi connectivity index (χ2v) is 5.56. The maximum atomic E-state index is 5.91. The summed E-state index contributed by atoms with van der Waals surface area (Å²) in [7, 11) is 0. The number of benzene rings is 1. The molecule has 0 radical (unpaired) electrons. The van der Waals surface area contributed by atoms with Crippen molar-refractivity contribution >= 4 is 17.3 Å². The van der Waals surface area contributed by atoms with Crippen molar-refractivity contribution in [2.24, 2.45) is 0 Å². The molecule has 1 N–H and O–H groups in total. The zero-order valence-corrected chi connectivity index (χ0v) is 11.7. The summed E-state index contributed by atoms with van der Waals surface area (Å²) < 4.78 is 0. The molecule has 0 saturated heterocycles. The Balaban J connectivity index is 1.63. The van der Waals surface area contributed by atoms with Crippen LogP contribution in [0.25, 0.3) is 0 Å². The summed E-state index contributed by atoms with van der Waals surface area (Å²) in [5.74, 6) is 0.824. The van der Waals surface area contributed by atoms with Gasteiger partial charge in [0.1, 0.15) is 5.15 Å². The molecule has 3 rings (SSSR count). The second-order valence-electron chi connectivity index (χ2n) is 5.20. The standard InChI is InChI=1S/C16H17ClN2/c1-11-8-15(10-19-16(11)17)18-9-12-2-4-13(5-3-12)14-6-7-14/h2-5,8,10,14,18H,6-7,9H2,1H3. The lowest BCUT2D eigenvalue weighted by atomic mass is 10.1. The molecule has 2 nitrogen and oxygen atoms in total. The Hall–Kier alpha value is -1.54. The molecule has 1 aromatic carbocycles. The van der Waals surface area contributed by atoms with Crippen LogP contribution in [0.3, 0.4) is 0 Å². The number of nitrogens with one attached hydrogen (secondary N) is 1. The van der Waals surface area contributed by atoms with Gasteiger partial charge in [0.05, 0.1) is 11.9 Å². The Morgan fingerprint density at radius 3 is 2.63 bits per heavy atom. The fourth-order valence-electron chi connectivity index (χ4n) is 2.18. The van der Waals surface area contributed by atoms with Crippen LogP contribution < -0.4 is 5.32 Å². The molecule has 0 bridgehead atoms. The number of halogens is 1. The van der Waals surface area contributed by atoms with Crippen LogP contribution in [0.2, 0.25) is 5.15 Å². The van der Waals surface area contributed by atoms with Gasteiger partial charge in [-0.1, -0.05) is 35.9 Å². The van der Waals surface area contributed by atoms with Crippen LogP contribution in [0, 0.1) is 6.92 Å².